The lowest BCUT2D eigenvalue weighted by molar-refractivity contribution is -0.137. The predicted octanol–water partition coefficient (Wildman–Crippen LogP) is 0.118. The Bertz CT molecular complexity index is 664. The van der Waals surface area contributed by atoms with Gasteiger partial charge in [0.15, 0.2) is 0 Å². The Morgan fingerprint density at radius 2 is 2.11 bits per heavy atom. The van der Waals surface area contributed by atoms with Crippen molar-refractivity contribution in [3.63, 3.8) is 0 Å². The van der Waals surface area contributed by atoms with Crippen LogP contribution < -0.4 is 0 Å². The summed E-state index contributed by atoms with van der Waals surface area (Å²) in [5.41, 5.74) is 0.345. The van der Waals surface area contributed by atoms with Crippen LogP contribution in [-0.2, 0) is 19.7 Å². The molecule has 2 rings (SSSR count). The second kappa shape index (κ2) is 4.81. The number of nitrogens with zero attached hydrogens (tertiary/aromatic N) is 3. The third-order valence-electron chi connectivity index (χ3n) is 2.49. The first-order chi connectivity index (χ1) is 8.95. The van der Waals surface area contributed by atoms with Gasteiger partial charge in [-0.15, -0.1) is 4.40 Å². The Balaban J connectivity index is 2.56. The van der Waals surface area contributed by atoms with E-state index in [2.05, 4.69) is 14.1 Å². The predicted molar refractivity (Wildman–Crippen MR) is 67.6 cm³/mol. The average Bonchev–Trinajstić information content (AvgIpc) is 2.41. The van der Waals surface area contributed by atoms with E-state index in [4.69, 9.17) is 0 Å². The van der Waals surface area contributed by atoms with Crippen molar-refractivity contribution in [1.29, 1.82) is 0 Å². The van der Waals surface area contributed by atoms with Gasteiger partial charge in [0.05, 0.1) is 12.8 Å². The Hall–Kier alpha value is -2.22. The molecule has 0 saturated heterocycles. The van der Waals surface area contributed by atoms with Gasteiger partial charge in [0.25, 0.3) is 0 Å². The summed E-state index contributed by atoms with van der Waals surface area (Å²) in [7, 11) is -1.54. The Morgan fingerprint density at radius 3 is 2.68 bits per heavy atom. The molecule has 1 aromatic rings. The minimum atomic E-state index is -3.95. The number of hydrogen-bond donors (Lipinski definition) is 0. The highest BCUT2D eigenvalue weighted by molar-refractivity contribution is 7.88. The lowest BCUT2D eigenvalue weighted by Crippen LogP contribution is -2.33. The van der Waals surface area contributed by atoms with Crippen LogP contribution in [0.5, 0.6) is 0 Å². The maximum Gasteiger partial charge on any atom is 0.355 e. The second-order valence-corrected chi connectivity index (χ2v) is 5.28. The molecule has 0 aromatic carbocycles. The zero-order chi connectivity index (χ0) is 14.0. The van der Waals surface area contributed by atoms with E-state index >= 15 is 0 Å². The van der Waals surface area contributed by atoms with Gasteiger partial charge >= 0.3 is 16.2 Å². The van der Waals surface area contributed by atoms with Gasteiger partial charge in [-0.3, -0.25) is 4.98 Å². The van der Waals surface area contributed by atoms with Crippen molar-refractivity contribution < 1.29 is 17.9 Å². The number of carbonyl (C=O) groups is 1. The van der Waals surface area contributed by atoms with Crippen LogP contribution in [0.4, 0.5) is 0 Å². The number of pyridine rings is 1. The van der Waals surface area contributed by atoms with Gasteiger partial charge in [0, 0.05) is 13.2 Å². The maximum absolute atomic E-state index is 11.9. The van der Waals surface area contributed by atoms with Crippen LogP contribution in [0.3, 0.4) is 0 Å². The summed E-state index contributed by atoms with van der Waals surface area (Å²) in [4.78, 5) is 15.6. The van der Waals surface area contributed by atoms with Crippen molar-refractivity contribution in [2.24, 2.45) is 4.40 Å². The number of hydrogen-bond acceptors (Lipinski definition) is 5. The number of likely N-dealkylation sites (N-methyl/N-ethyl adjacent to an activating group) is 1. The highest BCUT2D eigenvalue weighted by Gasteiger charge is 2.30. The minimum Gasteiger partial charge on any atom is -0.464 e. The topological polar surface area (TPSA) is 88.9 Å². The van der Waals surface area contributed by atoms with Gasteiger partial charge in [-0.25, -0.2) is 9.10 Å². The molecule has 0 atom stereocenters. The van der Waals surface area contributed by atoms with E-state index in [-0.39, 0.29) is 11.4 Å². The molecule has 0 amide bonds. The fourth-order valence-corrected chi connectivity index (χ4v) is 2.38. The van der Waals surface area contributed by atoms with Crippen molar-refractivity contribution in [2.75, 3.05) is 14.2 Å². The summed E-state index contributed by atoms with van der Waals surface area (Å²) in [6, 6.07) is 4.99. The fourth-order valence-electron chi connectivity index (χ4n) is 1.48. The number of aromatic nitrogens is 1. The average molecular weight is 281 g/mol. The largest absolute Gasteiger partial charge is 0.464 e. The van der Waals surface area contributed by atoms with Crippen molar-refractivity contribution in [2.45, 2.75) is 0 Å². The quantitative estimate of drug-likeness (QED) is 0.718. The highest BCUT2D eigenvalue weighted by atomic mass is 32.2. The summed E-state index contributed by atoms with van der Waals surface area (Å²) in [5, 5.41) is 0. The molecule has 0 saturated carbocycles. The van der Waals surface area contributed by atoms with Crippen molar-refractivity contribution in [3.05, 3.63) is 41.9 Å². The van der Waals surface area contributed by atoms with E-state index in [9.17, 15) is 13.2 Å². The molecule has 0 spiro atoms. The van der Waals surface area contributed by atoms with E-state index in [0.29, 0.717) is 5.69 Å². The van der Waals surface area contributed by atoms with Crippen LogP contribution in [0.15, 0.2) is 40.6 Å². The standard InChI is InChI=1S/C11H11N3O4S/c1-14-10(11(15)18-2)7-9(13-19(14,16)17)8-5-3-4-6-12-8/h3-7H,1-2H3. The first-order valence-corrected chi connectivity index (χ1v) is 6.65. The molecule has 7 nitrogen and oxygen atoms in total. The van der Waals surface area contributed by atoms with E-state index < -0.39 is 16.2 Å². The monoisotopic (exact) mass is 281 g/mol. The second-order valence-electron chi connectivity index (χ2n) is 3.66. The van der Waals surface area contributed by atoms with Crippen LogP contribution in [0.1, 0.15) is 5.69 Å². The molecule has 0 fully saturated rings. The van der Waals surface area contributed by atoms with Gasteiger partial charge in [-0.1, -0.05) is 6.07 Å². The van der Waals surface area contributed by atoms with Crippen LogP contribution in [0.25, 0.3) is 0 Å². The van der Waals surface area contributed by atoms with E-state index in [1.807, 2.05) is 0 Å². The van der Waals surface area contributed by atoms with Crippen molar-refractivity contribution in [3.8, 4) is 0 Å². The summed E-state index contributed by atoms with van der Waals surface area (Å²) in [5.74, 6) is -0.755. The normalized spacial score (nSPS) is 17.5. The molecule has 1 aromatic heterocycles. The van der Waals surface area contributed by atoms with Crippen LogP contribution in [0, 0.1) is 0 Å². The van der Waals surface area contributed by atoms with Gasteiger partial charge in [0.2, 0.25) is 0 Å². The van der Waals surface area contributed by atoms with Crippen molar-refractivity contribution >= 4 is 21.9 Å². The Morgan fingerprint density at radius 1 is 1.37 bits per heavy atom. The SMILES string of the molecule is COC(=O)C1=CC(c2ccccn2)=NS(=O)(=O)N1C. The molecular weight excluding hydrogens is 270 g/mol. The number of methoxy groups -OCH3 is 1. The summed E-state index contributed by atoms with van der Waals surface area (Å²) in [6.45, 7) is 0. The molecule has 8 heteroatoms. The molecule has 0 unspecified atom stereocenters. The van der Waals surface area contributed by atoms with Gasteiger partial charge < -0.3 is 4.74 Å². The summed E-state index contributed by atoms with van der Waals surface area (Å²) >= 11 is 0. The summed E-state index contributed by atoms with van der Waals surface area (Å²) < 4.78 is 32.6. The first-order valence-electron chi connectivity index (χ1n) is 5.26. The molecular formula is C11H11N3O4S. The number of esters is 1. The minimum absolute atomic E-state index is 0.0964. The lowest BCUT2D eigenvalue weighted by Gasteiger charge is -2.22. The molecule has 0 aliphatic carbocycles. The van der Waals surface area contributed by atoms with Crippen LogP contribution in [0.2, 0.25) is 0 Å². The smallest absolute Gasteiger partial charge is 0.355 e. The fraction of sp³-hybridized carbons (Fsp3) is 0.182. The van der Waals surface area contributed by atoms with Crippen LogP contribution in [-0.4, -0.2) is 43.5 Å². The molecule has 2 heterocycles. The zero-order valence-electron chi connectivity index (χ0n) is 10.3. The molecule has 100 valence electrons. The molecule has 1 aliphatic rings. The third kappa shape index (κ3) is 2.48. The number of rotatable bonds is 2. The van der Waals surface area contributed by atoms with E-state index in [0.717, 1.165) is 4.31 Å². The summed E-state index contributed by atoms with van der Waals surface area (Å²) in [6.07, 6.45) is 2.84. The Kier molecular flexibility index (Phi) is 3.34. The highest BCUT2D eigenvalue weighted by Crippen LogP contribution is 2.19. The molecule has 1 aliphatic heterocycles. The number of allylic oxidation sites excluding steroid dienone is 1. The molecule has 0 radical (unpaired) electrons. The first kappa shape index (κ1) is 13.2. The zero-order valence-corrected chi connectivity index (χ0v) is 11.1. The lowest BCUT2D eigenvalue weighted by atomic mass is 10.2. The van der Waals surface area contributed by atoms with E-state index in [1.54, 1.807) is 18.2 Å². The van der Waals surface area contributed by atoms with Crippen molar-refractivity contribution in [1.82, 2.24) is 9.29 Å². The number of carbonyl (C=O) groups excluding carboxylic acids is 1. The molecule has 0 N–H and O–H groups in total. The number of ether oxygens (including phenoxy) is 1. The Labute approximate surface area is 110 Å². The van der Waals surface area contributed by atoms with Crippen LogP contribution >= 0.6 is 0 Å². The van der Waals surface area contributed by atoms with Gasteiger partial charge in [-0.05, 0) is 18.2 Å². The third-order valence-corrected chi connectivity index (χ3v) is 3.81. The van der Waals surface area contributed by atoms with E-state index in [1.165, 1.54) is 26.4 Å². The molecule has 0 bridgehead atoms. The molecule has 19 heavy (non-hydrogen) atoms. The maximum atomic E-state index is 11.9. The van der Waals surface area contributed by atoms with Gasteiger partial charge in [-0.2, -0.15) is 8.42 Å². The van der Waals surface area contributed by atoms with Gasteiger partial charge in [0.1, 0.15) is 11.4 Å².